The summed E-state index contributed by atoms with van der Waals surface area (Å²) in [7, 11) is 0. The Morgan fingerprint density at radius 1 is 1.47 bits per heavy atom. The van der Waals surface area contributed by atoms with Crippen LogP contribution in [0.4, 0.5) is 0 Å². The maximum Gasteiger partial charge on any atom is 0.225 e. The van der Waals surface area contributed by atoms with Gasteiger partial charge in [0.1, 0.15) is 0 Å². The number of aliphatic hydroxyl groups excluding tert-OH is 1. The molecule has 0 aromatic rings. The summed E-state index contributed by atoms with van der Waals surface area (Å²) in [6.07, 6.45) is 5.23. The molecule has 0 saturated carbocycles. The predicted molar refractivity (Wildman–Crippen MR) is 64.6 cm³/mol. The third-order valence-corrected chi connectivity index (χ3v) is 3.74. The van der Waals surface area contributed by atoms with Crippen LogP contribution in [0.2, 0.25) is 0 Å². The molecule has 0 aliphatic carbocycles. The summed E-state index contributed by atoms with van der Waals surface area (Å²) in [6.45, 7) is 3.44. The van der Waals surface area contributed by atoms with Crippen LogP contribution in [-0.2, 0) is 9.53 Å². The van der Waals surface area contributed by atoms with E-state index >= 15 is 0 Å². The molecule has 2 saturated heterocycles. The second-order valence-corrected chi connectivity index (χ2v) is 5.31. The first-order valence-electron chi connectivity index (χ1n) is 6.76. The number of rotatable bonds is 4. The highest BCUT2D eigenvalue weighted by atomic mass is 16.5. The molecule has 0 aromatic heterocycles. The first kappa shape index (κ1) is 12.8. The van der Waals surface area contributed by atoms with Gasteiger partial charge in [0.15, 0.2) is 0 Å². The summed E-state index contributed by atoms with van der Waals surface area (Å²) in [6, 6.07) is 0.240. The van der Waals surface area contributed by atoms with E-state index < -0.39 is 0 Å². The SMILES string of the molecule is CC(O)CC1CCCN1C(=O)CC1CCCO1. The summed E-state index contributed by atoms with van der Waals surface area (Å²) < 4.78 is 5.50. The molecule has 1 N–H and O–H groups in total. The van der Waals surface area contributed by atoms with Gasteiger partial charge in [-0.25, -0.2) is 0 Å². The van der Waals surface area contributed by atoms with Gasteiger partial charge in [0.25, 0.3) is 0 Å². The fourth-order valence-corrected chi connectivity index (χ4v) is 2.92. The molecule has 4 nitrogen and oxygen atoms in total. The zero-order valence-corrected chi connectivity index (χ0v) is 10.6. The maximum atomic E-state index is 12.2. The standard InChI is InChI=1S/C13H23NO3/c1-10(15)8-11-4-2-6-14(11)13(16)9-12-5-3-7-17-12/h10-12,15H,2-9H2,1H3. The lowest BCUT2D eigenvalue weighted by Gasteiger charge is -2.26. The summed E-state index contributed by atoms with van der Waals surface area (Å²) in [5.74, 6) is 0.208. The lowest BCUT2D eigenvalue weighted by molar-refractivity contribution is -0.134. The topological polar surface area (TPSA) is 49.8 Å². The molecule has 98 valence electrons. The third-order valence-electron chi connectivity index (χ3n) is 3.74. The fraction of sp³-hybridized carbons (Fsp3) is 0.923. The molecular formula is C13H23NO3. The highest BCUT2D eigenvalue weighted by Crippen LogP contribution is 2.24. The van der Waals surface area contributed by atoms with Crippen molar-refractivity contribution in [3.63, 3.8) is 0 Å². The predicted octanol–water partition coefficient (Wildman–Crippen LogP) is 1.32. The van der Waals surface area contributed by atoms with Gasteiger partial charge < -0.3 is 14.7 Å². The minimum atomic E-state index is -0.323. The van der Waals surface area contributed by atoms with E-state index in [1.807, 2.05) is 4.90 Å². The van der Waals surface area contributed by atoms with E-state index in [1.54, 1.807) is 6.92 Å². The van der Waals surface area contributed by atoms with Crippen LogP contribution < -0.4 is 0 Å². The normalized spacial score (nSPS) is 30.8. The van der Waals surface area contributed by atoms with Gasteiger partial charge in [-0.1, -0.05) is 0 Å². The Morgan fingerprint density at radius 3 is 2.94 bits per heavy atom. The number of ether oxygens (including phenoxy) is 1. The highest BCUT2D eigenvalue weighted by molar-refractivity contribution is 5.77. The monoisotopic (exact) mass is 241 g/mol. The fourth-order valence-electron chi connectivity index (χ4n) is 2.92. The van der Waals surface area contributed by atoms with Crippen molar-refractivity contribution < 1.29 is 14.6 Å². The first-order chi connectivity index (χ1) is 8.16. The van der Waals surface area contributed by atoms with E-state index in [9.17, 15) is 9.90 Å². The van der Waals surface area contributed by atoms with Crippen molar-refractivity contribution in [3.05, 3.63) is 0 Å². The summed E-state index contributed by atoms with van der Waals surface area (Å²) in [4.78, 5) is 14.1. The van der Waals surface area contributed by atoms with Crippen LogP contribution in [0.3, 0.4) is 0 Å². The smallest absolute Gasteiger partial charge is 0.225 e. The Kier molecular flexibility index (Phi) is 4.40. The molecule has 2 aliphatic rings. The van der Waals surface area contributed by atoms with E-state index in [-0.39, 0.29) is 24.2 Å². The van der Waals surface area contributed by atoms with E-state index in [1.165, 1.54) is 0 Å². The number of hydrogen-bond acceptors (Lipinski definition) is 3. The average Bonchev–Trinajstić information content (AvgIpc) is 2.87. The molecule has 2 fully saturated rings. The number of amides is 1. The van der Waals surface area contributed by atoms with Gasteiger partial charge in [-0.05, 0) is 39.0 Å². The van der Waals surface area contributed by atoms with Crippen molar-refractivity contribution in [2.24, 2.45) is 0 Å². The number of aliphatic hydroxyl groups is 1. The van der Waals surface area contributed by atoms with E-state index in [2.05, 4.69) is 0 Å². The molecule has 1 amide bonds. The Morgan fingerprint density at radius 2 is 2.29 bits per heavy atom. The Labute approximate surface area is 103 Å². The van der Waals surface area contributed by atoms with Crippen LogP contribution in [0.25, 0.3) is 0 Å². The van der Waals surface area contributed by atoms with Gasteiger partial charge in [-0.3, -0.25) is 4.79 Å². The highest BCUT2D eigenvalue weighted by Gasteiger charge is 2.31. The quantitative estimate of drug-likeness (QED) is 0.807. The van der Waals surface area contributed by atoms with Gasteiger partial charge in [-0.2, -0.15) is 0 Å². The maximum absolute atomic E-state index is 12.2. The van der Waals surface area contributed by atoms with Crippen molar-refractivity contribution in [1.29, 1.82) is 0 Å². The van der Waals surface area contributed by atoms with Gasteiger partial charge in [0, 0.05) is 19.2 Å². The minimum absolute atomic E-state index is 0.135. The molecule has 17 heavy (non-hydrogen) atoms. The summed E-state index contributed by atoms with van der Waals surface area (Å²) in [5, 5.41) is 9.43. The average molecular weight is 241 g/mol. The Balaban J connectivity index is 1.84. The molecule has 3 atom stereocenters. The summed E-state index contributed by atoms with van der Waals surface area (Å²) >= 11 is 0. The molecule has 0 aromatic carbocycles. The second kappa shape index (κ2) is 5.83. The lowest BCUT2D eigenvalue weighted by Crippen LogP contribution is -2.38. The van der Waals surface area contributed by atoms with Crippen molar-refractivity contribution >= 4 is 5.91 Å². The number of hydrogen-bond donors (Lipinski definition) is 1. The second-order valence-electron chi connectivity index (χ2n) is 5.31. The molecule has 2 rings (SSSR count). The lowest BCUT2D eigenvalue weighted by atomic mass is 10.1. The van der Waals surface area contributed by atoms with Crippen molar-refractivity contribution in [3.8, 4) is 0 Å². The third kappa shape index (κ3) is 3.42. The van der Waals surface area contributed by atoms with E-state index in [4.69, 9.17) is 4.74 Å². The van der Waals surface area contributed by atoms with Crippen molar-refractivity contribution in [2.45, 2.75) is 63.7 Å². The molecule has 2 aliphatic heterocycles. The van der Waals surface area contributed by atoms with Crippen LogP contribution in [0.15, 0.2) is 0 Å². The molecule has 0 bridgehead atoms. The molecule has 0 spiro atoms. The number of carbonyl (C=O) groups is 1. The van der Waals surface area contributed by atoms with E-state index in [0.29, 0.717) is 12.8 Å². The zero-order valence-electron chi connectivity index (χ0n) is 10.6. The first-order valence-corrected chi connectivity index (χ1v) is 6.76. The minimum Gasteiger partial charge on any atom is -0.393 e. The number of nitrogens with zero attached hydrogens (tertiary/aromatic N) is 1. The number of carbonyl (C=O) groups excluding carboxylic acids is 1. The van der Waals surface area contributed by atoms with Crippen LogP contribution in [0, 0.1) is 0 Å². The van der Waals surface area contributed by atoms with Gasteiger partial charge in [-0.15, -0.1) is 0 Å². The summed E-state index contributed by atoms with van der Waals surface area (Å²) in [5.41, 5.74) is 0. The molecule has 2 heterocycles. The molecular weight excluding hydrogens is 218 g/mol. The zero-order chi connectivity index (χ0) is 12.3. The van der Waals surface area contributed by atoms with Crippen LogP contribution in [0.5, 0.6) is 0 Å². The van der Waals surface area contributed by atoms with Crippen molar-refractivity contribution in [2.75, 3.05) is 13.2 Å². The molecule has 3 unspecified atom stereocenters. The number of likely N-dealkylation sites (tertiary alicyclic amines) is 1. The molecule has 4 heteroatoms. The largest absolute Gasteiger partial charge is 0.393 e. The van der Waals surface area contributed by atoms with E-state index in [0.717, 1.165) is 38.8 Å². The van der Waals surface area contributed by atoms with Crippen LogP contribution in [-0.4, -0.2) is 47.3 Å². The Hall–Kier alpha value is -0.610. The van der Waals surface area contributed by atoms with Gasteiger partial charge in [0.05, 0.1) is 18.6 Å². The Bertz CT molecular complexity index is 261. The molecule has 0 radical (unpaired) electrons. The van der Waals surface area contributed by atoms with Crippen LogP contribution in [0.1, 0.15) is 45.4 Å². The van der Waals surface area contributed by atoms with Gasteiger partial charge >= 0.3 is 0 Å². The van der Waals surface area contributed by atoms with Crippen LogP contribution >= 0.6 is 0 Å². The van der Waals surface area contributed by atoms with Crippen molar-refractivity contribution in [1.82, 2.24) is 4.90 Å². The van der Waals surface area contributed by atoms with Gasteiger partial charge in [0.2, 0.25) is 5.91 Å².